The van der Waals surface area contributed by atoms with Gasteiger partial charge < -0.3 is 4.74 Å². The fourth-order valence-corrected chi connectivity index (χ4v) is 1.09. The van der Waals surface area contributed by atoms with Gasteiger partial charge in [0, 0.05) is 4.90 Å². The number of aryl methyl sites for hydroxylation is 1. The molecule has 0 aromatic heterocycles. The van der Waals surface area contributed by atoms with Gasteiger partial charge in [-0.25, -0.2) is 4.39 Å². The van der Waals surface area contributed by atoms with E-state index in [2.05, 4.69) is 12.6 Å². The highest BCUT2D eigenvalue weighted by Crippen LogP contribution is 2.25. The Hall–Kier alpha value is -0.700. The zero-order valence-electron chi connectivity index (χ0n) is 7.10. The van der Waals surface area contributed by atoms with E-state index in [0.29, 0.717) is 11.5 Å². The molecule has 0 fully saturated rings. The van der Waals surface area contributed by atoms with Crippen molar-refractivity contribution in [3.8, 4) is 5.75 Å². The minimum absolute atomic E-state index is 0.271. The third kappa shape index (κ3) is 1.72. The molecule has 0 saturated heterocycles. The van der Waals surface area contributed by atoms with Crippen molar-refractivity contribution < 1.29 is 9.13 Å². The lowest BCUT2D eigenvalue weighted by atomic mass is 10.2. The van der Waals surface area contributed by atoms with Gasteiger partial charge in [0.2, 0.25) is 0 Å². The maximum absolute atomic E-state index is 13.2. The molecule has 0 spiro atoms. The Bertz CT molecular complexity index is 286. The normalized spacial score (nSPS) is 10.0. The summed E-state index contributed by atoms with van der Waals surface area (Å²) >= 11 is 4.02. The molecule has 0 N–H and O–H groups in total. The largest absolute Gasteiger partial charge is 0.491 e. The number of ether oxygens (including phenoxy) is 1. The molecular weight excluding hydrogens is 175 g/mol. The fourth-order valence-electron chi connectivity index (χ4n) is 0.910. The molecule has 1 nitrogen and oxygen atoms in total. The van der Waals surface area contributed by atoms with Gasteiger partial charge >= 0.3 is 0 Å². The molecule has 3 heteroatoms. The van der Waals surface area contributed by atoms with Crippen LogP contribution in [0.4, 0.5) is 4.39 Å². The van der Waals surface area contributed by atoms with Crippen LogP contribution >= 0.6 is 12.6 Å². The Labute approximate surface area is 77.0 Å². The number of thiol groups is 1. The van der Waals surface area contributed by atoms with E-state index < -0.39 is 0 Å². The van der Waals surface area contributed by atoms with Gasteiger partial charge in [0.15, 0.2) is 11.6 Å². The second kappa shape index (κ2) is 3.81. The lowest BCUT2D eigenvalue weighted by Crippen LogP contribution is -1.96. The maximum atomic E-state index is 13.2. The monoisotopic (exact) mass is 186 g/mol. The zero-order chi connectivity index (χ0) is 9.14. The Kier molecular flexibility index (Phi) is 2.98. The number of hydrogen-bond donors (Lipinski definition) is 1. The molecule has 1 aromatic rings. The lowest BCUT2D eigenvalue weighted by Gasteiger charge is -2.07. The van der Waals surface area contributed by atoms with E-state index in [9.17, 15) is 4.39 Å². The van der Waals surface area contributed by atoms with Crippen molar-refractivity contribution in [1.82, 2.24) is 0 Å². The Morgan fingerprint density at radius 2 is 2.17 bits per heavy atom. The van der Waals surface area contributed by atoms with Gasteiger partial charge in [0.25, 0.3) is 0 Å². The zero-order valence-corrected chi connectivity index (χ0v) is 7.99. The summed E-state index contributed by atoms with van der Waals surface area (Å²) in [6.45, 7) is 4.09. The van der Waals surface area contributed by atoms with Gasteiger partial charge in [-0.3, -0.25) is 0 Å². The van der Waals surface area contributed by atoms with Crippen LogP contribution in [0.15, 0.2) is 17.0 Å². The van der Waals surface area contributed by atoms with E-state index >= 15 is 0 Å². The van der Waals surface area contributed by atoms with Gasteiger partial charge in [-0.15, -0.1) is 12.6 Å². The molecule has 0 unspecified atom stereocenters. The molecular formula is C9H11FOS. The van der Waals surface area contributed by atoms with Gasteiger partial charge in [-0.05, 0) is 25.5 Å². The van der Waals surface area contributed by atoms with Crippen LogP contribution in [-0.4, -0.2) is 6.61 Å². The summed E-state index contributed by atoms with van der Waals surface area (Å²) in [4.78, 5) is 0.362. The van der Waals surface area contributed by atoms with Crippen LogP contribution in [-0.2, 0) is 0 Å². The van der Waals surface area contributed by atoms with E-state index in [4.69, 9.17) is 4.74 Å². The van der Waals surface area contributed by atoms with E-state index in [1.54, 1.807) is 19.1 Å². The first kappa shape index (κ1) is 9.39. The topological polar surface area (TPSA) is 9.23 Å². The minimum Gasteiger partial charge on any atom is -0.491 e. The van der Waals surface area contributed by atoms with Gasteiger partial charge in [-0.2, -0.15) is 0 Å². The average Bonchev–Trinajstić information content (AvgIpc) is 2.07. The first-order valence-corrected chi connectivity index (χ1v) is 4.22. The van der Waals surface area contributed by atoms with Gasteiger partial charge in [-0.1, -0.05) is 6.07 Å². The van der Waals surface area contributed by atoms with Gasteiger partial charge in [0.1, 0.15) is 0 Å². The van der Waals surface area contributed by atoms with Crippen molar-refractivity contribution >= 4 is 12.6 Å². The molecule has 1 rings (SSSR count). The van der Waals surface area contributed by atoms with Crippen LogP contribution in [0.1, 0.15) is 12.5 Å². The molecule has 0 heterocycles. The molecule has 0 aliphatic heterocycles. The molecule has 0 radical (unpaired) electrons. The molecule has 66 valence electrons. The maximum Gasteiger partial charge on any atom is 0.178 e. The first-order chi connectivity index (χ1) is 5.66. The third-order valence-corrected chi connectivity index (χ3v) is 2.13. The molecule has 0 aliphatic carbocycles. The summed E-state index contributed by atoms with van der Waals surface area (Å²) in [5.74, 6) is -0.103. The number of halogens is 1. The standard InChI is InChI=1S/C9H11FOS/c1-3-11-7-5-4-6(2)9(12)8(7)10/h4-5,12H,3H2,1-2H3. The Morgan fingerprint density at radius 3 is 2.75 bits per heavy atom. The summed E-state index contributed by atoms with van der Waals surface area (Å²) in [5.41, 5.74) is 0.819. The Balaban J connectivity index is 3.08. The van der Waals surface area contributed by atoms with Crippen molar-refractivity contribution in [3.05, 3.63) is 23.5 Å². The number of rotatable bonds is 2. The molecule has 12 heavy (non-hydrogen) atoms. The third-order valence-electron chi connectivity index (χ3n) is 1.58. The van der Waals surface area contributed by atoms with Crippen LogP contribution in [0.25, 0.3) is 0 Å². The van der Waals surface area contributed by atoms with Crippen molar-refractivity contribution in [2.45, 2.75) is 18.7 Å². The first-order valence-electron chi connectivity index (χ1n) is 3.77. The van der Waals surface area contributed by atoms with Crippen molar-refractivity contribution in [2.24, 2.45) is 0 Å². The van der Waals surface area contributed by atoms with Crippen LogP contribution in [0, 0.1) is 12.7 Å². The minimum atomic E-state index is -0.375. The second-order valence-corrected chi connectivity index (χ2v) is 2.92. The van der Waals surface area contributed by atoms with Crippen LogP contribution in [0.3, 0.4) is 0 Å². The van der Waals surface area contributed by atoms with Crippen LogP contribution < -0.4 is 4.74 Å². The molecule has 0 aliphatic rings. The average molecular weight is 186 g/mol. The Morgan fingerprint density at radius 1 is 1.50 bits per heavy atom. The summed E-state index contributed by atoms with van der Waals surface area (Å²) in [7, 11) is 0. The van der Waals surface area contributed by atoms with E-state index in [1.165, 1.54) is 0 Å². The van der Waals surface area contributed by atoms with Crippen LogP contribution in [0.5, 0.6) is 5.75 Å². The smallest absolute Gasteiger partial charge is 0.178 e. The van der Waals surface area contributed by atoms with E-state index in [-0.39, 0.29) is 11.6 Å². The highest BCUT2D eigenvalue weighted by atomic mass is 32.1. The summed E-state index contributed by atoms with van der Waals surface area (Å²) in [6, 6.07) is 3.41. The lowest BCUT2D eigenvalue weighted by molar-refractivity contribution is 0.318. The second-order valence-electron chi connectivity index (χ2n) is 2.48. The van der Waals surface area contributed by atoms with Crippen molar-refractivity contribution in [2.75, 3.05) is 6.61 Å². The SMILES string of the molecule is CCOc1ccc(C)c(S)c1F. The highest BCUT2D eigenvalue weighted by molar-refractivity contribution is 7.80. The molecule has 1 aromatic carbocycles. The number of benzene rings is 1. The predicted octanol–water partition coefficient (Wildman–Crippen LogP) is 2.82. The van der Waals surface area contributed by atoms with Gasteiger partial charge in [0.05, 0.1) is 6.61 Å². The molecule has 0 atom stereocenters. The molecule has 0 bridgehead atoms. The summed E-state index contributed by atoms with van der Waals surface area (Å²) < 4.78 is 18.3. The molecule has 0 saturated carbocycles. The highest BCUT2D eigenvalue weighted by Gasteiger charge is 2.07. The quantitative estimate of drug-likeness (QED) is 0.699. The summed E-state index contributed by atoms with van der Waals surface area (Å²) in [5, 5.41) is 0. The predicted molar refractivity (Wildman–Crippen MR) is 49.6 cm³/mol. The molecule has 0 amide bonds. The van der Waals surface area contributed by atoms with Crippen molar-refractivity contribution in [1.29, 1.82) is 0 Å². The van der Waals surface area contributed by atoms with E-state index in [0.717, 1.165) is 5.56 Å². The summed E-state index contributed by atoms with van der Waals surface area (Å²) in [6.07, 6.45) is 0. The number of hydrogen-bond acceptors (Lipinski definition) is 2. The van der Waals surface area contributed by atoms with Crippen LogP contribution in [0.2, 0.25) is 0 Å². The fraction of sp³-hybridized carbons (Fsp3) is 0.333. The van der Waals surface area contributed by atoms with Crippen molar-refractivity contribution in [3.63, 3.8) is 0 Å². The van der Waals surface area contributed by atoms with E-state index in [1.807, 2.05) is 6.92 Å².